The van der Waals surface area contributed by atoms with Gasteiger partial charge in [-0.05, 0) is 23.6 Å². The highest BCUT2D eigenvalue weighted by Gasteiger charge is 2.30. The number of fused-ring (bicyclic) bond motifs is 1. The van der Waals surface area contributed by atoms with Crippen LogP contribution in [0.25, 0.3) is 11.0 Å². The Morgan fingerprint density at radius 3 is 2.29 bits per heavy atom. The van der Waals surface area contributed by atoms with Crippen molar-refractivity contribution in [2.24, 2.45) is 5.41 Å². The van der Waals surface area contributed by atoms with Crippen LogP contribution < -0.4 is 5.69 Å². The standard InChI is InChI=1S/C16H24N4O3S/c1-16(2,3)11-19-6-8-20(9-7-19)24(22,23)12-4-5-13-14(10-12)18-15(21)17-13/h4-5,10H,6-9,11H2,1-3H3,(H2,17,18,21). The molecule has 2 heterocycles. The molecule has 0 unspecified atom stereocenters. The molecule has 1 aliphatic rings. The monoisotopic (exact) mass is 352 g/mol. The molecule has 2 aromatic rings. The van der Waals surface area contributed by atoms with E-state index in [9.17, 15) is 13.2 Å². The lowest BCUT2D eigenvalue weighted by molar-refractivity contribution is 0.141. The summed E-state index contributed by atoms with van der Waals surface area (Å²) in [7, 11) is -3.54. The number of aromatic nitrogens is 2. The molecule has 0 radical (unpaired) electrons. The fourth-order valence-corrected chi connectivity index (χ4v) is 4.57. The van der Waals surface area contributed by atoms with E-state index in [1.165, 1.54) is 10.4 Å². The Morgan fingerprint density at radius 1 is 1.04 bits per heavy atom. The number of benzene rings is 1. The van der Waals surface area contributed by atoms with Gasteiger partial charge in [0.25, 0.3) is 0 Å². The van der Waals surface area contributed by atoms with Crippen molar-refractivity contribution in [2.45, 2.75) is 25.7 Å². The van der Waals surface area contributed by atoms with Crippen molar-refractivity contribution in [3.05, 3.63) is 28.7 Å². The number of imidazole rings is 1. The molecule has 0 atom stereocenters. The second kappa shape index (κ2) is 6.02. The van der Waals surface area contributed by atoms with E-state index in [-0.39, 0.29) is 16.0 Å². The van der Waals surface area contributed by atoms with Gasteiger partial charge in [-0.2, -0.15) is 4.31 Å². The molecular weight excluding hydrogens is 328 g/mol. The molecular formula is C16H24N4O3S. The van der Waals surface area contributed by atoms with Gasteiger partial charge in [-0.25, -0.2) is 13.2 Å². The van der Waals surface area contributed by atoms with Gasteiger partial charge < -0.3 is 14.9 Å². The SMILES string of the molecule is CC(C)(C)CN1CCN(S(=O)(=O)c2ccc3[nH]c(=O)[nH]c3c2)CC1. The molecule has 0 spiro atoms. The Morgan fingerprint density at radius 2 is 1.67 bits per heavy atom. The minimum absolute atomic E-state index is 0.201. The summed E-state index contributed by atoms with van der Waals surface area (Å²) in [5, 5.41) is 0. The Labute approximate surface area is 141 Å². The average molecular weight is 352 g/mol. The number of piperazine rings is 1. The van der Waals surface area contributed by atoms with Gasteiger partial charge in [-0.15, -0.1) is 0 Å². The smallest absolute Gasteiger partial charge is 0.306 e. The Hall–Kier alpha value is -1.64. The molecule has 0 aliphatic carbocycles. The molecule has 24 heavy (non-hydrogen) atoms. The quantitative estimate of drug-likeness (QED) is 0.869. The molecule has 0 bridgehead atoms. The third kappa shape index (κ3) is 3.55. The van der Waals surface area contributed by atoms with Gasteiger partial charge >= 0.3 is 5.69 Å². The van der Waals surface area contributed by atoms with Crippen molar-refractivity contribution in [1.29, 1.82) is 0 Å². The summed E-state index contributed by atoms with van der Waals surface area (Å²) >= 11 is 0. The summed E-state index contributed by atoms with van der Waals surface area (Å²) in [6.45, 7) is 9.95. The maximum atomic E-state index is 12.8. The van der Waals surface area contributed by atoms with E-state index < -0.39 is 10.0 Å². The summed E-state index contributed by atoms with van der Waals surface area (Å²) < 4.78 is 27.2. The number of nitrogens with one attached hydrogen (secondary N) is 2. The van der Waals surface area contributed by atoms with Gasteiger partial charge in [0.15, 0.2) is 0 Å². The molecule has 1 aromatic carbocycles. The van der Waals surface area contributed by atoms with Crippen LogP contribution in [0.2, 0.25) is 0 Å². The molecule has 7 nitrogen and oxygen atoms in total. The van der Waals surface area contributed by atoms with E-state index in [1.807, 2.05) is 0 Å². The summed E-state index contributed by atoms with van der Waals surface area (Å²) in [4.78, 5) is 19.1. The molecule has 1 fully saturated rings. The van der Waals surface area contributed by atoms with Crippen LogP contribution in [0.15, 0.2) is 27.9 Å². The number of aromatic amines is 2. The molecule has 2 N–H and O–H groups in total. The fourth-order valence-electron chi connectivity index (χ4n) is 3.12. The molecule has 1 aliphatic heterocycles. The van der Waals surface area contributed by atoms with Crippen molar-refractivity contribution in [3.63, 3.8) is 0 Å². The van der Waals surface area contributed by atoms with E-state index in [0.29, 0.717) is 24.1 Å². The third-order valence-electron chi connectivity index (χ3n) is 4.15. The molecule has 8 heteroatoms. The zero-order chi connectivity index (χ0) is 17.5. The van der Waals surface area contributed by atoms with Crippen LogP contribution in [-0.2, 0) is 10.0 Å². The van der Waals surface area contributed by atoms with Crippen molar-refractivity contribution < 1.29 is 8.42 Å². The predicted molar refractivity (Wildman–Crippen MR) is 93.6 cm³/mol. The highest BCUT2D eigenvalue weighted by molar-refractivity contribution is 7.89. The minimum atomic E-state index is -3.54. The zero-order valence-electron chi connectivity index (χ0n) is 14.3. The number of hydrogen-bond acceptors (Lipinski definition) is 4. The fraction of sp³-hybridized carbons (Fsp3) is 0.562. The Bertz CT molecular complexity index is 884. The highest BCUT2D eigenvalue weighted by Crippen LogP contribution is 2.22. The van der Waals surface area contributed by atoms with Crippen molar-refractivity contribution in [1.82, 2.24) is 19.2 Å². The second-order valence-corrected chi connectivity index (χ2v) is 9.47. The molecule has 1 aromatic heterocycles. The van der Waals surface area contributed by atoms with Gasteiger partial charge in [-0.1, -0.05) is 20.8 Å². The first-order valence-corrected chi connectivity index (χ1v) is 9.54. The van der Waals surface area contributed by atoms with Crippen LogP contribution in [0.5, 0.6) is 0 Å². The highest BCUT2D eigenvalue weighted by atomic mass is 32.2. The van der Waals surface area contributed by atoms with Gasteiger partial charge in [-0.3, -0.25) is 0 Å². The van der Waals surface area contributed by atoms with Crippen LogP contribution in [-0.4, -0.2) is 60.3 Å². The molecule has 0 amide bonds. The predicted octanol–water partition coefficient (Wildman–Crippen LogP) is 1.21. The van der Waals surface area contributed by atoms with E-state index in [1.54, 1.807) is 12.1 Å². The molecule has 3 rings (SSSR count). The maximum absolute atomic E-state index is 12.8. The van der Waals surface area contributed by atoms with E-state index in [2.05, 4.69) is 35.6 Å². The summed E-state index contributed by atoms with van der Waals surface area (Å²) in [6.07, 6.45) is 0. The van der Waals surface area contributed by atoms with E-state index in [4.69, 9.17) is 0 Å². The number of sulfonamides is 1. The first-order valence-electron chi connectivity index (χ1n) is 8.10. The molecule has 0 saturated carbocycles. The Kier molecular flexibility index (Phi) is 4.31. The topological polar surface area (TPSA) is 89.3 Å². The van der Waals surface area contributed by atoms with Crippen LogP contribution in [0.4, 0.5) is 0 Å². The van der Waals surface area contributed by atoms with Gasteiger partial charge in [0.05, 0.1) is 15.9 Å². The Balaban J connectivity index is 1.77. The first kappa shape index (κ1) is 17.2. The minimum Gasteiger partial charge on any atom is -0.306 e. The van der Waals surface area contributed by atoms with E-state index in [0.717, 1.165) is 19.6 Å². The average Bonchev–Trinajstić information content (AvgIpc) is 2.85. The van der Waals surface area contributed by atoms with Crippen molar-refractivity contribution >= 4 is 21.1 Å². The molecule has 132 valence electrons. The lowest BCUT2D eigenvalue weighted by Gasteiger charge is -2.37. The zero-order valence-corrected chi connectivity index (χ0v) is 15.1. The van der Waals surface area contributed by atoms with Crippen molar-refractivity contribution in [2.75, 3.05) is 32.7 Å². The van der Waals surface area contributed by atoms with Gasteiger partial charge in [0, 0.05) is 32.7 Å². The van der Waals surface area contributed by atoms with Crippen LogP contribution in [0.1, 0.15) is 20.8 Å². The molecule has 1 saturated heterocycles. The number of rotatable bonds is 3. The van der Waals surface area contributed by atoms with Crippen LogP contribution in [0, 0.1) is 5.41 Å². The normalized spacial score (nSPS) is 18.3. The first-order chi connectivity index (χ1) is 11.1. The number of hydrogen-bond donors (Lipinski definition) is 2. The van der Waals surface area contributed by atoms with Crippen molar-refractivity contribution in [3.8, 4) is 0 Å². The number of nitrogens with zero attached hydrogens (tertiary/aromatic N) is 2. The van der Waals surface area contributed by atoms with E-state index >= 15 is 0 Å². The maximum Gasteiger partial charge on any atom is 0.323 e. The lowest BCUT2D eigenvalue weighted by atomic mass is 9.96. The van der Waals surface area contributed by atoms with Crippen LogP contribution in [0.3, 0.4) is 0 Å². The van der Waals surface area contributed by atoms with Crippen LogP contribution >= 0.6 is 0 Å². The van der Waals surface area contributed by atoms with Gasteiger partial charge in [0.2, 0.25) is 10.0 Å². The summed E-state index contributed by atoms with van der Waals surface area (Å²) in [6, 6.07) is 4.68. The second-order valence-electron chi connectivity index (χ2n) is 7.53. The third-order valence-corrected chi connectivity index (χ3v) is 6.05. The number of H-pyrrole nitrogens is 2. The summed E-state index contributed by atoms with van der Waals surface area (Å²) in [5.74, 6) is 0. The largest absolute Gasteiger partial charge is 0.323 e. The summed E-state index contributed by atoms with van der Waals surface area (Å²) in [5.41, 5.74) is 0.975. The lowest BCUT2D eigenvalue weighted by Crippen LogP contribution is -2.50. The van der Waals surface area contributed by atoms with Gasteiger partial charge in [0.1, 0.15) is 0 Å².